The average molecular weight is 287 g/mol. The molecule has 4 heteroatoms. The quantitative estimate of drug-likeness (QED) is 0.882. The van der Waals surface area contributed by atoms with Crippen molar-refractivity contribution in [3.05, 3.63) is 39.5 Å². The summed E-state index contributed by atoms with van der Waals surface area (Å²) in [6, 6.07) is 4.55. The van der Waals surface area contributed by atoms with Gasteiger partial charge >= 0.3 is 0 Å². The SMILES string of the molecule is CCc1sc(C(C)Nc2ccnc(C3CC3)n2)cc1C. The maximum absolute atomic E-state index is 4.63. The van der Waals surface area contributed by atoms with Crippen molar-refractivity contribution in [1.82, 2.24) is 9.97 Å². The van der Waals surface area contributed by atoms with Gasteiger partial charge in [0.2, 0.25) is 0 Å². The molecular formula is C16H21N3S. The molecular weight excluding hydrogens is 266 g/mol. The van der Waals surface area contributed by atoms with Crippen molar-refractivity contribution in [2.45, 2.75) is 52.0 Å². The lowest BCUT2D eigenvalue weighted by atomic mass is 10.2. The van der Waals surface area contributed by atoms with Gasteiger partial charge in [0.1, 0.15) is 11.6 Å². The first-order chi connectivity index (χ1) is 9.67. The number of rotatable bonds is 5. The Bertz CT molecular complexity index is 602. The van der Waals surface area contributed by atoms with E-state index in [0.29, 0.717) is 12.0 Å². The zero-order valence-electron chi connectivity index (χ0n) is 12.3. The Morgan fingerprint density at radius 2 is 2.25 bits per heavy atom. The van der Waals surface area contributed by atoms with Gasteiger partial charge < -0.3 is 5.32 Å². The lowest BCUT2D eigenvalue weighted by Gasteiger charge is -2.13. The molecule has 1 unspecified atom stereocenters. The Morgan fingerprint density at radius 3 is 2.90 bits per heavy atom. The number of hydrogen-bond donors (Lipinski definition) is 1. The van der Waals surface area contributed by atoms with Gasteiger partial charge in [-0.1, -0.05) is 6.92 Å². The fourth-order valence-corrected chi connectivity index (χ4v) is 3.52. The van der Waals surface area contributed by atoms with Gasteiger partial charge in [-0.2, -0.15) is 0 Å². The van der Waals surface area contributed by atoms with Crippen molar-refractivity contribution >= 4 is 17.2 Å². The highest BCUT2D eigenvalue weighted by Gasteiger charge is 2.26. The summed E-state index contributed by atoms with van der Waals surface area (Å²) in [5.74, 6) is 2.54. The first-order valence-electron chi connectivity index (χ1n) is 7.36. The molecule has 0 aromatic carbocycles. The zero-order valence-corrected chi connectivity index (χ0v) is 13.1. The second-order valence-corrected chi connectivity index (χ2v) is 6.72. The fourth-order valence-electron chi connectivity index (χ4n) is 2.40. The second-order valence-electron chi connectivity index (χ2n) is 5.55. The second kappa shape index (κ2) is 5.52. The molecule has 0 radical (unpaired) electrons. The highest BCUT2D eigenvalue weighted by atomic mass is 32.1. The predicted molar refractivity (Wildman–Crippen MR) is 84.5 cm³/mol. The van der Waals surface area contributed by atoms with Gasteiger partial charge in [-0.05, 0) is 50.8 Å². The van der Waals surface area contributed by atoms with E-state index in [-0.39, 0.29) is 0 Å². The molecule has 1 aliphatic rings. The third-order valence-corrected chi connectivity index (χ3v) is 5.33. The number of nitrogens with zero attached hydrogens (tertiary/aromatic N) is 2. The van der Waals surface area contributed by atoms with Crippen molar-refractivity contribution in [3.63, 3.8) is 0 Å². The monoisotopic (exact) mass is 287 g/mol. The number of aromatic nitrogens is 2. The number of thiophene rings is 1. The van der Waals surface area contributed by atoms with Crippen LogP contribution in [0.15, 0.2) is 18.3 Å². The summed E-state index contributed by atoms with van der Waals surface area (Å²) in [6.45, 7) is 6.61. The molecule has 0 aliphatic heterocycles. The molecule has 0 saturated heterocycles. The average Bonchev–Trinajstić information content (AvgIpc) is 3.22. The normalized spacial score (nSPS) is 16.1. The summed E-state index contributed by atoms with van der Waals surface area (Å²) in [6.07, 6.45) is 5.46. The Balaban J connectivity index is 1.74. The summed E-state index contributed by atoms with van der Waals surface area (Å²) in [4.78, 5) is 11.9. The minimum Gasteiger partial charge on any atom is -0.363 e. The highest BCUT2D eigenvalue weighted by molar-refractivity contribution is 7.12. The summed E-state index contributed by atoms with van der Waals surface area (Å²) in [5, 5.41) is 3.51. The van der Waals surface area contributed by atoms with Crippen LogP contribution in [0.3, 0.4) is 0 Å². The Morgan fingerprint density at radius 1 is 1.45 bits per heavy atom. The van der Waals surface area contributed by atoms with Gasteiger partial charge in [-0.15, -0.1) is 11.3 Å². The van der Waals surface area contributed by atoms with Gasteiger partial charge in [-0.3, -0.25) is 0 Å². The summed E-state index contributed by atoms with van der Waals surface area (Å²) in [5.41, 5.74) is 1.41. The van der Waals surface area contributed by atoms with E-state index in [1.54, 1.807) is 0 Å². The molecule has 2 heterocycles. The molecule has 106 valence electrons. The lowest BCUT2D eigenvalue weighted by Crippen LogP contribution is -2.07. The van der Waals surface area contributed by atoms with Crippen LogP contribution in [-0.2, 0) is 6.42 Å². The Kier molecular flexibility index (Phi) is 3.74. The zero-order chi connectivity index (χ0) is 14.1. The molecule has 20 heavy (non-hydrogen) atoms. The van der Waals surface area contributed by atoms with E-state index < -0.39 is 0 Å². The maximum Gasteiger partial charge on any atom is 0.133 e. The van der Waals surface area contributed by atoms with Crippen molar-refractivity contribution in [3.8, 4) is 0 Å². The van der Waals surface area contributed by atoms with Crippen LogP contribution < -0.4 is 5.32 Å². The summed E-state index contributed by atoms with van der Waals surface area (Å²) < 4.78 is 0. The molecule has 3 rings (SSSR count). The van der Waals surface area contributed by atoms with E-state index in [2.05, 4.69) is 42.1 Å². The molecule has 3 nitrogen and oxygen atoms in total. The fraction of sp³-hybridized carbons (Fsp3) is 0.500. The maximum atomic E-state index is 4.63. The summed E-state index contributed by atoms with van der Waals surface area (Å²) in [7, 11) is 0. The third-order valence-electron chi connectivity index (χ3n) is 3.77. The van der Waals surface area contributed by atoms with E-state index in [1.807, 2.05) is 23.6 Å². The molecule has 2 aromatic rings. The van der Waals surface area contributed by atoms with Crippen LogP contribution in [0.1, 0.15) is 59.8 Å². The van der Waals surface area contributed by atoms with Gasteiger partial charge in [0, 0.05) is 21.9 Å². The largest absolute Gasteiger partial charge is 0.363 e. The van der Waals surface area contributed by atoms with Crippen molar-refractivity contribution in [2.24, 2.45) is 0 Å². The standard InChI is InChI=1S/C16H21N3S/c1-4-13-10(2)9-14(20-13)11(3)18-15-7-8-17-16(19-15)12-5-6-12/h7-9,11-12H,4-6H2,1-3H3,(H,17,18,19). The first-order valence-corrected chi connectivity index (χ1v) is 8.17. The topological polar surface area (TPSA) is 37.8 Å². The lowest BCUT2D eigenvalue weighted by molar-refractivity contribution is 0.868. The van der Waals surface area contributed by atoms with Crippen molar-refractivity contribution in [2.75, 3.05) is 5.32 Å². The molecule has 0 bridgehead atoms. The minimum atomic E-state index is 0.293. The smallest absolute Gasteiger partial charge is 0.133 e. The van der Waals surface area contributed by atoms with E-state index in [0.717, 1.165) is 18.1 Å². The highest BCUT2D eigenvalue weighted by Crippen LogP contribution is 2.38. The number of aryl methyl sites for hydroxylation is 2. The van der Waals surface area contributed by atoms with Crippen LogP contribution in [0, 0.1) is 6.92 Å². The molecule has 1 saturated carbocycles. The molecule has 0 amide bonds. The Hall–Kier alpha value is -1.42. The van der Waals surface area contributed by atoms with E-state index >= 15 is 0 Å². The van der Waals surface area contributed by atoms with Crippen LogP contribution in [0.2, 0.25) is 0 Å². The third kappa shape index (κ3) is 2.85. The Labute approximate surface area is 124 Å². The van der Waals surface area contributed by atoms with Gasteiger partial charge in [0.05, 0.1) is 6.04 Å². The molecule has 0 spiro atoms. The van der Waals surface area contributed by atoms with Gasteiger partial charge in [-0.25, -0.2) is 9.97 Å². The first kappa shape index (κ1) is 13.6. The number of nitrogens with one attached hydrogen (secondary N) is 1. The minimum absolute atomic E-state index is 0.293. The van der Waals surface area contributed by atoms with Crippen molar-refractivity contribution < 1.29 is 0 Å². The van der Waals surface area contributed by atoms with Gasteiger partial charge in [0.15, 0.2) is 0 Å². The molecule has 1 aliphatic carbocycles. The number of hydrogen-bond acceptors (Lipinski definition) is 4. The molecule has 1 fully saturated rings. The van der Waals surface area contributed by atoms with Crippen LogP contribution in [0.4, 0.5) is 5.82 Å². The van der Waals surface area contributed by atoms with Crippen LogP contribution in [0.25, 0.3) is 0 Å². The van der Waals surface area contributed by atoms with Crippen LogP contribution in [-0.4, -0.2) is 9.97 Å². The van der Waals surface area contributed by atoms with Crippen molar-refractivity contribution in [1.29, 1.82) is 0 Å². The van der Waals surface area contributed by atoms with Gasteiger partial charge in [0.25, 0.3) is 0 Å². The van der Waals surface area contributed by atoms with Crippen LogP contribution in [0.5, 0.6) is 0 Å². The van der Waals surface area contributed by atoms with Crippen LogP contribution >= 0.6 is 11.3 Å². The molecule has 2 aromatic heterocycles. The van der Waals surface area contributed by atoms with E-state index in [1.165, 1.54) is 28.2 Å². The molecule has 1 atom stereocenters. The van der Waals surface area contributed by atoms with E-state index in [9.17, 15) is 0 Å². The number of anilines is 1. The predicted octanol–water partition coefficient (Wildman–Crippen LogP) is 4.46. The summed E-state index contributed by atoms with van der Waals surface area (Å²) >= 11 is 1.90. The van der Waals surface area contributed by atoms with E-state index in [4.69, 9.17) is 0 Å². The molecule has 1 N–H and O–H groups in total.